The fourth-order valence-electron chi connectivity index (χ4n) is 5.40. The van der Waals surface area contributed by atoms with Crippen molar-refractivity contribution in [3.63, 3.8) is 0 Å². The second kappa shape index (κ2) is 11.2. The Hall–Kier alpha value is -3.68. The SMILES string of the molecule is CC(C)C[C@@H](C(=O)N[C@@H](CC(=O)O)c1cccc(N2C(C)CCC2C)c1)n1cnc2ccccc2c1=O. The summed E-state index contributed by atoms with van der Waals surface area (Å²) in [4.78, 5) is 45.5. The third kappa shape index (κ3) is 5.84. The molecule has 0 radical (unpaired) electrons. The molecule has 1 saturated heterocycles. The van der Waals surface area contributed by atoms with Crippen LogP contribution in [-0.2, 0) is 9.59 Å². The van der Waals surface area contributed by atoms with E-state index in [1.54, 1.807) is 18.2 Å². The van der Waals surface area contributed by atoms with Crippen LogP contribution in [0.5, 0.6) is 0 Å². The number of aromatic nitrogens is 2. The van der Waals surface area contributed by atoms with Gasteiger partial charge >= 0.3 is 5.97 Å². The minimum Gasteiger partial charge on any atom is -0.481 e. The number of carbonyl (C=O) groups excluding carboxylic acids is 1. The first-order valence-electron chi connectivity index (χ1n) is 13.0. The highest BCUT2D eigenvalue weighted by Crippen LogP contribution is 2.32. The number of anilines is 1. The van der Waals surface area contributed by atoms with Crippen LogP contribution in [0.2, 0.25) is 0 Å². The van der Waals surface area contributed by atoms with Gasteiger partial charge in [0.05, 0.1) is 29.7 Å². The van der Waals surface area contributed by atoms with E-state index in [2.05, 4.69) is 29.0 Å². The molecule has 1 amide bonds. The maximum absolute atomic E-state index is 13.7. The predicted octanol–water partition coefficient (Wildman–Crippen LogP) is 4.69. The molecule has 1 fully saturated rings. The summed E-state index contributed by atoms with van der Waals surface area (Å²) in [7, 11) is 0. The summed E-state index contributed by atoms with van der Waals surface area (Å²) in [6.07, 6.45) is 3.77. The van der Waals surface area contributed by atoms with Crippen LogP contribution >= 0.6 is 0 Å². The van der Waals surface area contributed by atoms with E-state index in [1.165, 1.54) is 10.9 Å². The van der Waals surface area contributed by atoms with Gasteiger partial charge in [-0.05, 0) is 68.9 Å². The van der Waals surface area contributed by atoms with Gasteiger partial charge < -0.3 is 15.3 Å². The van der Waals surface area contributed by atoms with E-state index in [4.69, 9.17) is 0 Å². The summed E-state index contributed by atoms with van der Waals surface area (Å²) in [5, 5.41) is 13.1. The molecule has 8 heteroatoms. The van der Waals surface area contributed by atoms with Gasteiger partial charge in [0.15, 0.2) is 0 Å². The maximum Gasteiger partial charge on any atom is 0.305 e. The van der Waals surface area contributed by atoms with Gasteiger partial charge in [0.2, 0.25) is 5.91 Å². The van der Waals surface area contributed by atoms with Gasteiger partial charge in [0.25, 0.3) is 5.56 Å². The molecule has 4 atom stereocenters. The van der Waals surface area contributed by atoms with E-state index in [0.29, 0.717) is 29.4 Å². The van der Waals surface area contributed by atoms with E-state index < -0.39 is 24.0 Å². The van der Waals surface area contributed by atoms with E-state index >= 15 is 0 Å². The van der Waals surface area contributed by atoms with Gasteiger partial charge in [-0.1, -0.05) is 38.1 Å². The highest BCUT2D eigenvalue weighted by molar-refractivity contribution is 5.83. The molecule has 0 saturated carbocycles. The Morgan fingerprint density at radius 1 is 1.08 bits per heavy atom. The normalized spacial score (nSPS) is 19.2. The first-order valence-corrected chi connectivity index (χ1v) is 13.0. The highest BCUT2D eigenvalue weighted by atomic mass is 16.4. The number of benzene rings is 2. The van der Waals surface area contributed by atoms with Crippen molar-refractivity contribution in [1.82, 2.24) is 14.9 Å². The smallest absolute Gasteiger partial charge is 0.305 e. The molecule has 1 aliphatic rings. The molecule has 0 spiro atoms. The van der Waals surface area contributed by atoms with E-state index in [9.17, 15) is 19.5 Å². The maximum atomic E-state index is 13.7. The number of nitrogens with zero attached hydrogens (tertiary/aromatic N) is 3. The molecule has 0 aliphatic carbocycles. The standard InChI is InChI=1S/C29H36N4O4/c1-18(2)14-26(32-17-30-24-11-6-5-10-23(24)29(32)37)28(36)31-25(16-27(34)35)21-8-7-9-22(15-21)33-19(3)12-13-20(33)4/h5-11,15,17-20,25-26H,12-14,16H2,1-4H3,(H,31,36)(H,34,35)/t19?,20?,25-,26-/m0/s1. The summed E-state index contributed by atoms with van der Waals surface area (Å²) in [5.74, 6) is -1.29. The molecule has 4 rings (SSSR count). The minimum atomic E-state index is -1.01. The van der Waals surface area contributed by atoms with Crippen LogP contribution in [0.15, 0.2) is 59.7 Å². The van der Waals surface area contributed by atoms with Crippen molar-refractivity contribution in [2.45, 2.75) is 77.5 Å². The summed E-state index contributed by atoms with van der Waals surface area (Å²) in [6, 6.07) is 14.0. The lowest BCUT2D eigenvalue weighted by Crippen LogP contribution is -2.40. The number of para-hydroxylation sites is 1. The second-order valence-corrected chi connectivity index (χ2v) is 10.6. The zero-order valence-electron chi connectivity index (χ0n) is 21.9. The number of carbonyl (C=O) groups is 2. The van der Waals surface area contributed by atoms with E-state index in [1.807, 2.05) is 44.2 Å². The fraction of sp³-hybridized carbons (Fsp3) is 0.448. The van der Waals surface area contributed by atoms with Crippen molar-refractivity contribution < 1.29 is 14.7 Å². The largest absolute Gasteiger partial charge is 0.481 e. The number of hydrogen-bond donors (Lipinski definition) is 2. The zero-order valence-corrected chi connectivity index (χ0v) is 21.9. The van der Waals surface area contributed by atoms with Crippen LogP contribution in [0, 0.1) is 5.92 Å². The van der Waals surface area contributed by atoms with Crippen LogP contribution in [0.1, 0.15) is 71.0 Å². The van der Waals surface area contributed by atoms with Crippen LogP contribution < -0.4 is 15.8 Å². The molecule has 2 N–H and O–H groups in total. The number of hydrogen-bond acceptors (Lipinski definition) is 5. The Morgan fingerprint density at radius 2 is 1.78 bits per heavy atom. The number of carboxylic acid groups (broad SMARTS) is 1. The number of carboxylic acids is 1. The molecule has 196 valence electrons. The third-order valence-electron chi connectivity index (χ3n) is 7.24. The molecule has 1 aromatic heterocycles. The fourth-order valence-corrected chi connectivity index (χ4v) is 5.40. The zero-order chi connectivity index (χ0) is 26.7. The molecular weight excluding hydrogens is 468 g/mol. The minimum absolute atomic E-state index is 0.119. The predicted molar refractivity (Wildman–Crippen MR) is 145 cm³/mol. The van der Waals surface area contributed by atoms with Gasteiger partial charge in [0.1, 0.15) is 6.04 Å². The number of fused-ring (bicyclic) bond motifs is 1. The lowest BCUT2D eigenvalue weighted by Gasteiger charge is -2.30. The molecule has 2 aromatic carbocycles. The van der Waals surface area contributed by atoms with Gasteiger partial charge in [-0.2, -0.15) is 0 Å². The van der Waals surface area contributed by atoms with Crippen LogP contribution in [-0.4, -0.2) is 38.6 Å². The molecule has 2 unspecified atom stereocenters. The number of rotatable bonds is 9. The van der Waals surface area contributed by atoms with Crippen molar-refractivity contribution in [2.24, 2.45) is 5.92 Å². The molecule has 8 nitrogen and oxygen atoms in total. The summed E-state index contributed by atoms with van der Waals surface area (Å²) >= 11 is 0. The molecule has 1 aliphatic heterocycles. The molecular formula is C29H36N4O4. The summed E-state index contributed by atoms with van der Waals surface area (Å²) < 4.78 is 1.37. The molecule has 2 heterocycles. The van der Waals surface area contributed by atoms with E-state index in [-0.39, 0.29) is 17.9 Å². The first-order chi connectivity index (χ1) is 17.7. The molecule has 0 bridgehead atoms. The summed E-state index contributed by atoms with van der Waals surface area (Å²) in [6.45, 7) is 8.35. The van der Waals surface area contributed by atoms with Gasteiger partial charge in [-0.3, -0.25) is 19.0 Å². The lowest BCUT2D eigenvalue weighted by molar-refractivity contribution is -0.138. The van der Waals surface area contributed by atoms with Crippen molar-refractivity contribution in [3.05, 3.63) is 70.8 Å². The average molecular weight is 505 g/mol. The van der Waals surface area contributed by atoms with Crippen molar-refractivity contribution in [2.75, 3.05) is 4.90 Å². The van der Waals surface area contributed by atoms with Gasteiger partial charge in [0, 0.05) is 17.8 Å². The average Bonchev–Trinajstić information content (AvgIpc) is 3.20. The second-order valence-electron chi connectivity index (χ2n) is 10.6. The third-order valence-corrected chi connectivity index (χ3v) is 7.24. The Balaban J connectivity index is 1.67. The number of amides is 1. The Morgan fingerprint density at radius 3 is 2.46 bits per heavy atom. The summed E-state index contributed by atoms with van der Waals surface area (Å²) in [5.41, 5.74) is 2.03. The monoisotopic (exact) mass is 504 g/mol. The van der Waals surface area contributed by atoms with Crippen LogP contribution in [0.4, 0.5) is 5.69 Å². The van der Waals surface area contributed by atoms with Crippen molar-refractivity contribution in [1.29, 1.82) is 0 Å². The van der Waals surface area contributed by atoms with Gasteiger partial charge in [-0.15, -0.1) is 0 Å². The molecule has 3 aromatic rings. The lowest BCUT2D eigenvalue weighted by atomic mass is 9.99. The Bertz CT molecular complexity index is 1320. The molecule has 37 heavy (non-hydrogen) atoms. The van der Waals surface area contributed by atoms with Gasteiger partial charge in [-0.25, -0.2) is 4.98 Å². The van der Waals surface area contributed by atoms with E-state index in [0.717, 1.165) is 24.1 Å². The van der Waals surface area contributed by atoms with Crippen molar-refractivity contribution >= 4 is 28.5 Å². The van der Waals surface area contributed by atoms with Crippen molar-refractivity contribution in [3.8, 4) is 0 Å². The quantitative estimate of drug-likeness (QED) is 0.438. The topological polar surface area (TPSA) is 105 Å². The number of nitrogens with one attached hydrogen (secondary N) is 1. The number of aliphatic carboxylic acids is 1. The Kier molecular flexibility index (Phi) is 7.95. The van der Waals surface area contributed by atoms with Crippen LogP contribution in [0.25, 0.3) is 10.9 Å². The Labute approximate surface area is 217 Å². The first kappa shape index (κ1) is 26.4. The van der Waals surface area contributed by atoms with Crippen LogP contribution in [0.3, 0.4) is 0 Å². The highest BCUT2D eigenvalue weighted by Gasteiger charge is 2.30.